The van der Waals surface area contributed by atoms with Gasteiger partial charge in [-0.05, 0) is 19.4 Å². The monoisotopic (exact) mass is 293 g/mol. The van der Waals surface area contributed by atoms with Crippen LogP contribution in [-0.2, 0) is 10.2 Å². The van der Waals surface area contributed by atoms with Crippen molar-refractivity contribution in [3.8, 4) is 0 Å². The largest absolute Gasteiger partial charge is 0.395 e. The van der Waals surface area contributed by atoms with Crippen LogP contribution in [-0.4, -0.2) is 59.7 Å². The Labute approximate surface area is 127 Å². The number of morpholine rings is 1. The Morgan fingerprint density at radius 3 is 2.52 bits per heavy atom. The first-order valence-corrected chi connectivity index (χ1v) is 7.56. The maximum atomic E-state index is 9.92. The second kappa shape index (κ2) is 6.44. The minimum atomic E-state index is -0.311. The van der Waals surface area contributed by atoms with E-state index in [1.165, 1.54) is 0 Å². The van der Waals surface area contributed by atoms with Crippen LogP contribution in [0, 0.1) is 0 Å². The summed E-state index contributed by atoms with van der Waals surface area (Å²) in [4.78, 5) is 2.29. The van der Waals surface area contributed by atoms with E-state index in [9.17, 15) is 10.2 Å². The molecule has 2 atom stereocenters. The molecule has 1 fully saturated rings. The lowest BCUT2D eigenvalue weighted by Crippen LogP contribution is -2.56. The minimum Gasteiger partial charge on any atom is -0.395 e. The van der Waals surface area contributed by atoms with Gasteiger partial charge in [0.1, 0.15) is 0 Å². The smallest absolute Gasteiger partial charge is 0.0940 e. The van der Waals surface area contributed by atoms with Crippen molar-refractivity contribution in [1.29, 1.82) is 0 Å². The highest BCUT2D eigenvalue weighted by Crippen LogP contribution is 2.28. The Morgan fingerprint density at radius 2 is 1.95 bits per heavy atom. The van der Waals surface area contributed by atoms with Crippen molar-refractivity contribution in [1.82, 2.24) is 4.90 Å². The van der Waals surface area contributed by atoms with Gasteiger partial charge in [-0.25, -0.2) is 0 Å². The molecule has 1 aliphatic heterocycles. The first-order chi connectivity index (χ1) is 9.88. The summed E-state index contributed by atoms with van der Waals surface area (Å²) in [5.74, 6) is 0. The molecule has 4 nitrogen and oxygen atoms in total. The van der Waals surface area contributed by atoms with E-state index in [2.05, 4.69) is 24.0 Å². The lowest BCUT2D eigenvalue weighted by Gasteiger charge is -2.45. The standard InChI is InChI=1S/C17H27NO3/c1-16(2)11-18(9-15(10-19)21-16)12-17(3,13-20)14-7-5-4-6-8-14/h4-8,15,19-20H,9-13H2,1-3H3. The highest BCUT2D eigenvalue weighted by molar-refractivity contribution is 5.25. The Morgan fingerprint density at radius 1 is 1.29 bits per heavy atom. The molecule has 0 spiro atoms. The number of nitrogens with zero attached hydrogens (tertiary/aromatic N) is 1. The maximum absolute atomic E-state index is 9.92. The maximum Gasteiger partial charge on any atom is 0.0940 e. The summed E-state index contributed by atoms with van der Waals surface area (Å²) < 4.78 is 5.85. The molecule has 1 heterocycles. The first kappa shape index (κ1) is 16.4. The van der Waals surface area contributed by atoms with E-state index in [0.29, 0.717) is 6.54 Å². The van der Waals surface area contributed by atoms with Crippen LogP contribution in [0.25, 0.3) is 0 Å². The molecule has 0 aromatic heterocycles. The van der Waals surface area contributed by atoms with Crippen LogP contribution in [0.15, 0.2) is 30.3 Å². The molecule has 2 N–H and O–H groups in total. The molecular weight excluding hydrogens is 266 g/mol. The summed E-state index contributed by atoms with van der Waals surface area (Å²) in [6.07, 6.45) is -0.160. The molecule has 1 aromatic rings. The molecule has 4 heteroatoms. The number of aliphatic hydroxyl groups is 2. The molecule has 118 valence electrons. The lowest BCUT2D eigenvalue weighted by atomic mass is 9.82. The number of aliphatic hydroxyl groups excluding tert-OH is 2. The minimum absolute atomic E-state index is 0.0289. The fraction of sp³-hybridized carbons (Fsp3) is 0.647. The number of hydrogen-bond acceptors (Lipinski definition) is 4. The Kier molecular flexibility index (Phi) is 5.04. The average molecular weight is 293 g/mol. The molecular formula is C17H27NO3. The molecule has 1 aromatic carbocycles. The van der Waals surface area contributed by atoms with E-state index in [-0.39, 0.29) is 30.3 Å². The summed E-state index contributed by atoms with van der Waals surface area (Å²) in [5, 5.41) is 19.3. The summed E-state index contributed by atoms with van der Waals surface area (Å²) in [6, 6.07) is 10.1. The Hall–Kier alpha value is -0.940. The predicted molar refractivity (Wildman–Crippen MR) is 83.4 cm³/mol. The summed E-state index contributed by atoms with van der Waals surface area (Å²) in [7, 11) is 0. The van der Waals surface area contributed by atoms with Gasteiger partial charge in [0.05, 0.1) is 24.9 Å². The average Bonchev–Trinajstić information content (AvgIpc) is 2.46. The first-order valence-electron chi connectivity index (χ1n) is 7.56. The molecule has 2 rings (SSSR count). The molecule has 1 aliphatic rings. The van der Waals surface area contributed by atoms with Crippen LogP contribution < -0.4 is 0 Å². The van der Waals surface area contributed by atoms with Gasteiger partial charge in [-0.15, -0.1) is 0 Å². The topological polar surface area (TPSA) is 52.9 Å². The molecule has 0 saturated carbocycles. The SMILES string of the molecule is CC1(C)CN(CC(C)(CO)c2ccccc2)CC(CO)O1. The van der Waals surface area contributed by atoms with Gasteiger partial charge in [-0.3, -0.25) is 4.90 Å². The zero-order chi connectivity index (χ0) is 15.5. The third-order valence-corrected chi connectivity index (χ3v) is 4.15. The fourth-order valence-electron chi connectivity index (χ4n) is 3.20. The van der Waals surface area contributed by atoms with Crippen LogP contribution in [0.2, 0.25) is 0 Å². The van der Waals surface area contributed by atoms with Gasteiger partial charge >= 0.3 is 0 Å². The predicted octanol–water partition coefficient (Wildman–Crippen LogP) is 1.41. The van der Waals surface area contributed by atoms with E-state index in [1.54, 1.807) is 0 Å². The van der Waals surface area contributed by atoms with Gasteiger partial charge in [0.15, 0.2) is 0 Å². The lowest BCUT2D eigenvalue weighted by molar-refractivity contribution is -0.152. The number of ether oxygens (including phenoxy) is 1. The van der Waals surface area contributed by atoms with Gasteiger partial charge in [-0.1, -0.05) is 37.3 Å². The van der Waals surface area contributed by atoms with Gasteiger partial charge in [-0.2, -0.15) is 0 Å². The molecule has 21 heavy (non-hydrogen) atoms. The van der Waals surface area contributed by atoms with Crippen molar-refractivity contribution in [3.63, 3.8) is 0 Å². The van der Waals surface area contributed by atoms with Gasteiger partial charge in [0, 0.05) is 25.0 Å². The van der Waals surface area contributed by atoms with E-state index >= 15 is 0 Å². The number of rotatable bonds is 5. The van der Waals surface area contributed by atoms with E-state index in [0.717, 1.165) is 18.7 Å². The normalized spacial score (nSPS) is 25.5. The van der Waals surface area contributed by atoms with E-state index in [4.69, 9.17) is 4.74 Å². The zero-order valence-electron chi connectivity index (χ0n) is 13.2. The fourth-order valence-corrected chi connectivity index (χ4v) is 3.20. The molecule has 1 saturated heterocycles. The third kappa shape index (κ3) is 4.04. The quantitative estimate of drug-likeness (QED) is 0.862. The molecule has 0 aliphatic carbocycles. The Balaban J connectivity index is 2.14. The summed E-state index contributed by atoms with van der Waals surface area (Å²) in [6.45, 7) is 8.53. The van der Waals surface area contributed by atoms with E-state index in [1.807, 2.05) is 32.0 Å². The van der Waals surface area contributed by atoms with Crippen molar-refractivity contribution >= 4 is 0 Å². The second-order valence-corrected chi connectivity index (χ2v) is 6.94. The Bertz CT molecular complexity index is 449. The van der Waals surface area contributed by atoms with Crippen molar-refractivity contribution in [3.05, 3.63) is 35.9 Å². The van der Waals surface area contributed by atoms with Gasteiger partial charge < -0.3 is 14.9 Å². The van der Waals surface area contributed by atoms with Crippen LogP contribution >= 0.6 is 0 Å². The van der Waals surface area contributed by atoms with Crippen molar-refractivity contribution in [2.75, 3.05) is 32.8 Å². The molecule has 2 unspecified atom stereocenters. The van der Waals surface area contributed by atoms with Crippen LogP contribution in [0.5, 0.6) is 0 Å². The molecule has 0 radical (unpaired) electrons. The number of hydrogen-bond donors (Lipinski definition) is 2. The van der Waals surface area contributed by atoms with E-state index < -0.39 is 0 Å². The van der Waals surface area contributed by atoms with Crippen molar-refractivity contribution < 1.29 is 14.9 Å². The van der Waals surface area contributed by atoms with Crippen molar-refractivity contribution in [2.45, 2.75) is 37.9 Å². The summed E-state index contributed by atoms with van der Waals surface area (Å²) in [5.41, 5.74) is 0.547. The number of benzene rings is 1. The highest BCUT2D eigenvalue weighted by Gasteiger charge is 2.37. The third-order valence-electron chi connectivity index (χ3n) is 4.15. The molecule has 0 amide bonds. The molecule has 0 bridgehead atoms. The van der Waals surface area contributed by atoms with Crippen LogP contribution in [0.4, 0.5) is 0 Å². The van der Waals surface area contributed by atoms with Gasteiger partial charge in [0.25, 0.3) is 0 Å². The van der Waals surface area contributed by atoms with Crippen LogP contribution in [0.3, 0.4) is 0 Å². The summed E-state index contributed by atoms with van der Waals surface area (Å²) >= 11 is 0. The second-order valence-electron chi connectivity index (χ2n) is 6.94. The van der Waals surface area contributed by atoms with Crippen LogP contribution in [0.1, 0.15) is 26.3 Å². The van der Waals surface area contributed by atoms with Gasteiger partial charge in [0.2, 0.25) is 0 Å². The highest BCUT2D eigenvalue weighted by atomic mass is 16.5. The zero-order valence-corrected chi connectivity index (χ0v) is 13.2. The van der Waals surface area contributed by atoms with Crippen molar-refractivity contribution in [2.24, 2.45) is 0 Å².